The van der Waals surface area contributed by atoms with Gasteiger partial charge in [-0.1, -0.05) is 49.9 Å². The Hall–Kier alpha value is -0.860. The first-order chi connectivity index (χ1) is 9.21. The first-order valence-electron chi connectivity index (χ1n) is 7.70. The topological polar surface area (TPSA) is 40.5 Å². The van der Waals surface area contributed by atoms with Gasteiger partial charge in [0.25, 0.3) is 0 Å². The lowest BCUT2D eigenvalue weighted by Gasteiger charge is -2.38. The molecule has 1 aromatic carbocycles. The van der Waals surface area contributed by atoms with Gasteiger partial charge in [-0.25, -0.2) is 0 Å². The minimum atomic E-state index is -0.905. The van der Waals surface area contributed by atoms with E-state index in [2.05, 4.69) is 12.1 Å². The van der Waals surface area contributed by atoms with E-state index in [4.69, 9.17) is 0 Å². The highest BCUT2D eigenvalue weighted by Gasteiger charge is 2.39. The Morgan fingerprint density at radius 2 is 1.68 bits per heavy atom. The van der Waals surface area contributed by atoms with Crippen LogP contribution < -0.4 is 0 Å². The van der Waals surface area contributed by atoms with Gasteiger partial charge >= 0.3 is 0 Å². The lowest BCUT2D eigenvalue weighted by Crippen LogP contribution is -2.39. The molecule has 0 radical (unpaired) electrons. The molecule has 0 spiro atoms. The maximum atomic E-state index is 10.7. The average molecular weight is 260 g/mol. The number of hydrogen-bond acceptors (Lipinski definition) is 2. The molecule has 0 amide bonds. The summed E-state index contributed by atoms with van der Waals surface area (Å²) < 4.78 is 0. The van der Waals surface area contributed by atoms with Crippen molar-refractivity contribution in [2.24, 2.45) is 0 Å². The third kappa shape index (κ3) is 2.44. The molecule has 2 aliphatic carbocycles. The van der Waals surface area contributed by atoms with Gasteiger partial charge in [0.1, 0.15) is 6.10 Å². The molecule has 1 unspecified atom stereocenters. The minimum absolute atomic E-state index is 0.595. The predicted molar refractivity (Wildman–Crippen MR) is 76.0 cm³/mol. The molecular formula is C17H24O2. The van der Waals surface area contributed by atoms with E-state index in [-0.39, 0.29) is 0 Å². The van der Waals surface area contributed by atoms with Crippen molar-refractivity contribution in [1.82, 2.24) is 0 Å². The molecule has 3 rings (SSSR count). The lowest BCUT2D eigenvalue weighted by atomic mass is 9.73. The smallest absolute Gasteiger partial charge is 0.108 e. The zero-order chi connectivity index (χ0) is 13.3. The van der Waals surface area contributed by atoms with Crippen LogP contribution in [0.1, 0.15) is 74.5 Å². The van der Waals surface area contributed by atoms with Crippen molar-refractivity contribution in [3.63, 3.8) is 0 Å². The van der Waals surface area contributed by atoms with E-state index in [0.717, 1.165) is 31.2 Å². The summed E-state index contributed by atoms with van der Waals surface area (Å²) in [6.07, 6.45) is 7.71. The summed E-state index contributed by atoms with van der Waals surface area (Å²) in [7, 11) is 0. The molecule has 19 heavy (non-hydrogen) atoms. The first kappa shape index (κ1) is 13.1. The molecule has 104 valence electrons. The van der Waals surface area contributed by atoms with Crippen molar-refractivity contribution in [2.75, 3.05) is 0 Å². The number of benzene rings is 1. The van der Waals surface area contributed by atoms with Crippen LogP contribution in [-0.4, -0.2) is 15.8 Å². The van der Waals surface area contributed by atoms with Gasteiger partial charge in [-0.2, -0.15) is 0 Å². The van der Waals surface area contributed by atoms with Crippen LogP contribution >= 0.6 is 0 Å². The van der Waals surface area contributed by atoms with Gasteiger partial charge in [0.2, 0.25) is 0 Å². The summed E-state index contributed by atoms with van der Waals surface area (Å²) >= 11 is 0. The fourth-order valence-electron chi connectivity index (χ4n) is 3.58. The van der Waals surface area contributed by atoms with Crippen LogP contribution in [0.3, 0.4) is 0 Å². The number of aliphatic hydroxyl groups is 2. The SMILES string of the molecule is OC(c1ccccc1C1CCC1)C1(O)CCCCC1. The molecule has 2 saturated carbocycles. The van der Waals surface area contributed by atoms with Crippen molar-refractivity contribution in [3.05, 3.63) is 35.4 Å². The molecule has 1 aromatic rings. The highest BCUT2D eigenvalue weighted by Crippen LogP contribution is 2.44. The fraction of sp³-hybridized carbons (Fsp3) is 0.647. The van der Waals surface area contributed by atoms with E-state index in [9.17, 15) is 10.2 Å². The van der Waals surface area contributed by atoms with E-state index in [1.54, 1.807) is 0 Å². The molecule has 2 heteroatoms. The number of hydrogen-bond donors (Lipinski definition) is 2. The molecule has 2 N–H and O–H groups in total. The van der Waals surface area contributed by atoms with Gasteiger partial charge in [0.05, 0.1) is 5.60 Å². The molecule has 2 nitrogen and oxygen atoms in total. The molecule has 1 atom stereocenters. The lowest BCUT2D eigenvalue weighted by molar-refractivity contribution is -0.0996. The molecule has 2 fully saturated rings. The van der Waals surface area contributed by atoms with Gasteiger partial charge in [-0.3, -0.25) is 0 Å². The van der Waals surface area contributed by atoms with Gasteiger partial charge in [-0.05, 0) is 42.7 Å². The van der Waals surface area contributed by atoms with E-state index >= 15 is 0 Å². The average Bonchev–Trinajstić information content (AvgIpc) is 2.37. The molecule has 0 saturated heterocycles. The predicted octanol–water partition coefficient (Wildman–Crippen LogP) is 3.68. The second kappa shape index (κ2) is 5.26. The minimum Gasteiger partial charge on any atom is -0.387 e. The second-order valence-electron chi connectivity index (χ2n) is 6.32. The maximum Gasteiger partial charge on any atom is 0.108 e. The van der Waals surface area contributed by atoms with E-state index in [1.165, 1.54) is 31.2 Å². The fourth-order valence-corrected chi connectivity index (χ4v) is 3.58. The largest absolute Gasteiger partial charge is 0.387 e. The van der Waals surface area contributed by atoms with E-state index < -0.39 is 11.7 Å². The summed E-state index contributed by atoms with van der Waals surface area (Å²) in [4.78, 5) is 0. The van der Waals surface area contributed by atoms with Crippen molar-refractivity contribution in [3.8, 4) is 0 Å². The highest BCUT2D eigenvalue weighted by atomic mass is 16.3. The van der Waals surface area contributed by atoms with Crippen LogP contribution in [0.2, 0.25) is 0 Å². The zero-order valence-electron chi connectivity index (χ0n) is 11.5. The van der Waals surface area contributed by atoms with Crippen LogP contribution in [0.5, 0.6) is 0 Å². The molecule has 0 aromatic heterocycles. The maximum absolute atomic E-state index is 10.7. The quantitative estimate of drug-likeness (QED) is 0.870. The van der Waals surface area contributed by atoms with E-state index in [1.807, 2.05) is 12.1 Å². The Morgan fingerprint density at radius 1 is 1.00 bits per heavy atom. The van der Waals surface area contributed by atoms with Crippen molar-refractivity contribution in [2.45, 2.75) is 69.0 Å². The summed E-state index contributed by atoms with van der Waals surface area (Å²) in [5, 5.41) is 21.4. The van der Waals surface area contributed by atoms with Gasteiger partial charge in [0, 0.05) is 0 Å². The Kier molecular flexibility index (Phi) is 3.64. The Balaban J connectivity index is 1.88. The summed E-state index contributed by atoms with van der Waals surface area (Å²) in [6.45, 7) is 0. The van der Waals surface area contributed by atoms with Gasteiger partial charge in [-0.15, -0.1) is 0 Å². The highest BCUT2D eigenvalue weighted by molar-refractivity contribution is 5.35. The van der Waals surface area contributed by atoms with Crippen molar-refractivity contribution < 1.29 is 10.2 Å². The van der Waals surface area contributed by atoms with Crippen LogP contribution in [0.25, 0.3) is 0 Å². The third-order valence-corrected chi connectivity index (χ3v) is 5.06. The Bertz CT molecular complexity index is 431. The summed E-state index contributed by atoms with van der Waals surface area (Å²) in [5.74, 6) is 0.595. The monoisotopic (exact) mass is 260 g/mol. The van der Waals surface area contributed by atoms with Crippen molar-refractivity contribution >= 4 is 0 Å². The summed E-state index contributed by atoms with van der Waals surface area (Å²) in [5.41, 5.74) is 1.33. The molecule has 0 bridgehead atoms. The number of rotatable bonds is 3. The number of aliphatic hydroxyl groups excluding tert-OH is 1. The first-order valence-corrected chi connectivity index (χ1v) is 7.70. The molecule has 0 aliphatic heterocycles. The van der Waals surface area contributed by atoms with Crippen LogP contribution in [0, 0.1) is 0 Å². The van der Waals surface area contributed by atoms with Gasteiger partial charge < -0.3 is 10.2 Å². The molecular weight excluding hydrogens is 236 g/mol. The normalized spacial score (nSPS) is 24.7. The van der Waals surface area contributed by atoms with Crippen molar-refractivity contribution in [1.29, 1.82) is 0 Å². The third-order valence-electron chi connectivity index (χ3n) is 5.06. The van der Waals surface area contributed by atoms with Crippen LogP contribution in [0.4, 0.5) is 0 Å². The van der Waals surface area contributed by atoms with Crippen LogP contribution in [0.15, 0.2) is 24.3 Å². The second-order valence-corrected chi connectivity index (χ2v) is 6.32. The Morgan fingerprint density at radius 3 is 2.32 bits per heavy atom. The van der Waals surface area contributed by atoms with E-state index in [0.29, 0.717) is 5.92 Å². The standard InChI is InChI=1S/C17H24O2/c18-16(17(19)11-4-1-5-12-17)15-10-3-2-9-14(15)13-7-6-8-13/h2-3,9-10,13,16,18-19H,1,4-8,11-12H2. The zero-order valence-corrected chi connectivity index (χ0v) is 11.5. The van der Waals surface area contributed by atoms with Crippen LogP contribution in [-0.2, 0) is 0 Å². The van der Waals surface area contributed by atoms with Gasteiger partial charge in [0.15, 0.2) is 0 Å². The summed E-state index contributed by atoms with van der Waals surface area (Å²) in [6, 6.07) is 8.17. The molecule has 0 heterocycles. The Labute approximate surface area is 115 Å². The molecule has 2 aliphatic rings.